The first-order chi connectivity index (χ1) is 13.5. The van der Waals surface area contributed by atoms with Crippen LogP contribution in [0.3, 0.4) is 0 Å². The maximum absolute atomic E-state index is 11.7. The van der Waals surface area contributed by atoms with E-state index in [4.69, 9.17) is 4.74 Å². The van der Waals surface area contributed by atoms with Gasteiger partial charge >= 0.3 is 29.6 Å². The SMILES string of the molecule is CCCCCCCCCCCc1c(Oc2ccccc2)cccc1S(=O)(=O)[O-].[Na+]. The Morgan fingerprint density at radius 2 is 1.38 bits per heavy atom. The Kier molecular flexibility index (Phi) is 12.8. The Morgan fingerprint density at radius 1 is 0.793 bits per heavy atom. The molecule has 154 valence electrons. The molecule has 0 aliphatic carbocycles. The second-order valence-corrected chi connectivity index (χ2v) is 8.53. The number of rotatable bonds is 13. The molecular weight excluding hydrogens is 395 g/mol. The maximum atomic E-state index is 11.7. The molecule has 0 saturated heterocycles. The Morgan fingerprint density at radius 3 is 1.97 bits per heavy atom. The van der Waals surface area contributed by atoms with Crippen molar-refractivity contribution >= 4 is 10.1 Å². The summed E-state index contributed by atoms with van der Waals surface area (Å²) < 4.78 is 41.0. The summed E-state index contributed by atoms with van der Waals surface area (Å²) in [5.74, 6) is 1.07. The molecule has 2 rings (SSSR count). The molecule has 6 heteroatoms. The van der Waals surface area contributed by atoms with Gasteiger partial charge in [0, 0.05) is 5.56 Å². The largest absolute Gasteiger partial charge is 1.00 e. The topological polar surface area (TPSA) is 66.4 Å². The van der Waals surface area contributed by atoms with Crippen LogP contribution in [0.2, 0.25) is 0 Å². The van der Waals surface area contributed by atoms with E-state index in [1.54, 1.807) is 24.3 Å². The first-order valence-electron chi connectivity index (χ1n) is 10.3. The third kappa shape index (κ3) is 9.67. The molecule has 0 bridgehead atoms. The van der Waals surface area contributed by atoms with Crippen molar-refractivity contribution in [2.75, 3.05) is 0 Å². The number of benzene rings is 2. The zero-order chi connectivity index (χ0) is 20.2. The van der Waals surface area contributed by atoms with E-state index in [0.29, 0.717) is 23.5 Å². The molecule has 0 amide bonds. The second kappa shape index (κ2) is 14.2. The van der Waals surface area contributed by atoms with E-state index in [1.165, 1.54) is 44.6 Å². The smallest absolute Gasteiger partial charge is 0.744 e. The standard InChI is InChI=1S/C23H32O4S.Na/c1-2-3-4-5-6-7-8-9-13-17-21-22(27-20-15-11-10-12-16-20)18-14-19-23(21)28(24,25)26;/h10-12,14-16,18-19H,2-9,13,17H2,1H3,(H,24,25,26);/q;+1/p-1. The maximum Gasteiger partial charge on any atom is 1.00 e. The van der Waals surface area contributed by atoms with Gasteiger partial charge in [-0.05, 0) is 37.1 Å². The van der Waals surface area contributed by atoms with Crippen LogP contribution in [0.25, 0.3) is 0 Å². The first-order valence-corrected chi connectivity index (χ1v) is 11.7. The fourth-order valence-electron chi connectivity index (χ4n) is 3.35. The van der Waals surface area contributed by atoms with Gasteiger partial charge in [0.25, 0.3) is 0 Å². The molecule has 2 aromatic rings. The van der Waals surface area contributed by atoms with Gasteiger partial charge in [0.1, 0.15) is 21.6 Å². The third-order valence-electron chi connectivity index (χ3n) is 4.86. The molecule has 0 aliphatic rings. The summed E-state index contributed by atoms with van der Waals surface area (Å²) >= 11 is 0. The molecule has 0 unspecified atom stereocenters. The van der Waals surface area contributed by atoms with E-state index >= 15 is 0 Å². The van der Waals surface area contributed by atoms with E-state index in [1.807, 2.05) is 18.2 Å². The van der Waals surface area contributed by atoms with Gasteiger partial charge < -0.3 is 9.29 Å². The van der Waals surface area contributed by atoms with Crippen LogP contribution in [0.1, 0.15) is 70.3 Å². The van der Waals surface area contributed by atoms with Crippen molar-refractivity contribution in [3.05, 3.63) is 54.1 Å². The van der Waals surface area contributed by atoms with Crippen LogP contribution in [-0.2, 0) is 16.5 Å². The van der Waals surface area contributed by atoms with E-state index < -0.39 is 10.1 Å². The van der Waals surface area contributed by atoms with Crippen LogP contribution < -0.4 is 34.3 Å². The number of para-hydroxylation sites is 1. The molecule has 0 radical (unpaired) electrons. The monoisotopic (exact) mass is 426 g/mol. The molecule has 0 fully saturated rings. The van der Waals surface area contributed by atoms with Gasteiger partial charge in [-0.3, -0.25) is 0 Å². The van der Waals surface area contributed by atoms with Crippen molar-refractivity contribution in [2.45, 2.75) is 76.0 Å². The van der Waals surface area contributed by atoms with Crippen LogP contribution in [0.15, 0.2) is 53.4 Å². The van der Waals surface area contributed by atoms with Crippen molar-refractivity contribution in [1.29, 1.82) is 0 Å². The summed E-state index contributed by atoms with van der Waals surface area (Å²) in [6.45, 7) is 2.22. The summed E-state index contributed by atoms with van der Waals surface area (Å²) in [7, 11) is -4.54. The minimum absolute atomic E-state index is 0. The van der Waals surface area contributed by atoms with Gasteiger partial charge in [-0.2, -0.15) is 0 Å². The molecule has 2 aromatic carbocycles. The fourth-order valence-corrected chi connectivity index (χ4v) is 4.10. The molecule has 4 nitrogen and oxygen atoms in total. The van der Waals surface area contributed by atoms with Crippen LogP contribution in [0.4, 0.5) is 0 Å². The molecule has 0 aliphatic heterocycles. The van der Waals surface area contributed by atoms with Crippen molar-refractivity contribution in [3.63, 3.8) is 0 Å². The van der Waals surface area contributed by atoms with Crippen LogP contribution >= 0.6 is 0 Å². The normalized spacial score (nSPS) is 11.1. The van der Waals surface area contributed by atoms with Gasteiger partial charge in [-0.25, -0.2) is 8.42 Å². The van der Waals surface area contributed by atoms with Crippen molar-refractivity contribution in [2.24, 2.45) is 0 Å². The Labute approximate surface area is 198 Å². The number of ether oxygens (including phenoxy) is 1. The van der Waals surface area contributed by atoms with E-state index in [9.17, 15) is 13.0 Å². The zero-order valence-corrected chi connectivity index (χ0v) is 20.5. The number of hydrogen-bond acceptors (Lipinski definition) is 4. The van der Waals surface area contributed by atoms with Gasteiger partial charge in [0.2, 0.25) is 0 Å². The molecule has 0 spiro atoms. The average Bonchev–Trinajstić information content (AvgIpc) is 2.67. The molecular formula is C23H31NaO4S. The summed E-state index contributed by atoms with van der Waals surface area (Å²) in [6, 6.07) is 13.9. The van der Waals surface area contributed by atoms with Gasteiger partial charge in [-0.15, -0.1) is 0 Å². The minimum atomic E-state index is -4.54. The Balaban J connectivity index is 0.00000420. The van der Waals surface area contributed by atoms with Crippen LogP contribution in [0.5, 0.6) is 11.5 Å². The van der Waals surface area contributed by atoms with Crippen LogP contribution in [-0.4, -0.2) is 13.0 Å². The summed E-state index contributed by atoms with van der Waals surface area (Å²) in [5, 5.41) is 0. The van der Waals surface area contributed by atoms with Gasteiger partial charge in [0.15, 0.2) is 0 Å². The number of unbranched alkanes of at least 4 members (excludes halogenated alkanes) is 8. The van der Waals surface area contributed by atoms with Gasteiger partial charge in [0.05, 0.1) is 4.90 Å². The Hall–Kier alpha value is -0.850. The van der Waals surface area contributed by atoms with Crippen molar-refractivity contribution < 1.29 is 47.3 Å². The summed E-state index contributed by atoms with van der Waals surface area (Å²) in [4.78, 5) is -0.166. The summed E-state index contributed by atoms with van der Waals surface area (Å²) in [5.41, 5.74) is 0.490. The van der Waals surface area contributed by atoms with E-state index in [-0.39, 0.29) is 34.5 Å². The average molecular weight is 427 g/mol. The summed E-state index contributed by atoms with van der Waals surface area (Å²) in [6.07, 6.45) is 11.2. The molecule has 29 heavy (non-hydrogen) atoms. The van der Waals surface area contributed by atoms with Gasteiger partial charge in [-0.1, -0.05) is 82.6 Å². The molecule has 0 atom stereocenters. The predicted octanol–water partition coefficient (Wildman–Crippen LogP) is 3.46. The minimum Gasteiger partial charge on any atom is -0.744 e. The second-order valence-electron chi connectivity index (χ2n) is 7.18. The quantitative estimate of drug-likeness (QED) is 0.279. The molecule has 0 N–H and O–H groups in total. The fraction of sp³-hybridized carbons (Fsp3) is 0.478. The third-order valence-corrected chi connectivity index (χ3v) is 5.78. The van der Waals surface area contributed by atoms with E-state index in [0.717, 1.165) is 19.3 Å². The van der Waals surface area contributed by atoms with E-state index in [2.05, 4.69) is 6.92 Å². The Bertz CT molecular complexity index is 807. The first kappa shape index (κ1) is 26.2. The molecule has 0 saturated carbocycles. The molecule has 0 heterocycles. The number of hydrogen-bond donors (Lipinski definition) is 0. The predicted molar refractivity (Wildman–Crippen MR) is 112 cm³/mol. The van der Waals surface area contributed by atoms with Crippen molar-refractivity contribution in [3.8, 4) is 11.5 Å². The van der Waals surface area contributed by atoms with Crippen LogP contribution in [0, 0.1) is 0 Å². The van der Waals surface area contributed by atoms with Crippen molar-refractivity contribution in [1.82, 2.24) is 0 Å². The zero-order valence-electron chi connectivity index (χ0n) is 17.7. The molecule has 0 aromatic heterocycles.